The van der Waals surface area contributed by atoms with Crippen LogP contribution in [0.3, 0.4) is 0 Å². The van der Waals surface area contributed by atoms with Gasteiger partial charge in [-0.25, -0.2) is 0 Å². The van der Waals surface area contributed by atoms with E-state index in [1.165, 1.54) is 43.8 Å². The molecule has 0 aliphatic carbocycles. The Hall–Kier alpha value is -5.60. The van der Waals surface area contributed by atoms with Gasteiger partial charge in [-0.15, -0.1) is 0 Å². The largest absolute Gasteiger partial charge is 0.455 e. The van der Waals surface area contributed by atoms with Crippen LogP contribution in [0.15, 0.2) is 150 Å². The van der Waals surface area contributed by atoms with Crippen molar-refractivity contribution in [3.05, 3.63) is 146 Å². The highest BCUT2D eigenvalue weighted by atomic mass is 16.3. The molecule has 2 heteroatoms. The predicted octanol–water partition coefficient (Wildman–Crippen LogP) is 11.4. The lowest BCUT2D eigenvalue weighted by atomic mass is 9.92. The van der Waals surface area contributed by atoms with Gasteiger partial charge in [0.05, 0.1) is 0 Å². The smallest absolute Gasteiger partial charge is 0.143 e. The number of para-hydroxylation sites is 1. The number of hydrogen-bond acceptors (Lipinski definition) is 1. The lowest BCUT2D eigenvalue weighted by Gasteiger charge is -2.10. The van der Waals surface area contributed by atoms with Crippen LogP contribution in [0.2, 0.25) is 0 Å². The van der Waals surface area contributed by atoms with Crippen molar-refractivity contribution in [3.8, 4) is 33.4 Å². The van der Waals surface area contributed by atoms with Crippen molar-refractivity contribution in [2.45, 2.75) is 0 Å². The van der Waals surface area contributed by atoms with Crippen molar-refractivity contribution in [3.63, 3.8) is 0 Å². The third-order valence-electron chi connectivity index (χ3n) is 8.60. The summed E-state index contributed by atoms with van der Waals surface area (Å²) in [4.78, 5) is 3.55. The highest BCUT2D eigenvalue weighted by Crippen LogP contribution is 2.42. The summed E-state index contributed by atoms with van der Waals surface area (Å²) in [5.41, 5.74) is 11.2. The van der Waals surface area contributed by atoms with E-state index >= 15 is 0 Å². The molecule has 0 amide bonds. The SMILES string of the molecule is c1ccc(-c2cc(-c3cccc4ccccc34)cc3c2oc2ccc(-c4ccc5[nH]c6ccccc6c5c4)cc23)cc1. The molecule has 0 aliphatic rings. The van der Waals surface area contributed by atoms with Crippen LogP contribution in [0.5, 0.6) is 0 Å². The maximum atomic E-state index is 6.62. The van der Waals surface area contributed by atoms with Crippen LogP contribution in [0.4, 0.5) is 0 Å². The lowest BCUT2D eigenvalue weighted by Crippen LogP contribution is -1.85. The van der Waals surface area contributed by atoms with Crippen LogP contribution in [-0.4, -0.2) is 4.98 Å². The van der Waals surface area contributed by atoms with Gasteiger partial charge in [-0.3, -0.25) is 0 Å². The van der Waals surface area contributed by atoms with E-state index < -0.39 is 0 Å². The Balaban J connectivity index is 1.30. The summed E-state index contributed by atoms with van der Waals surface area (Å²) in [6, 6.07) is 52.1. The standard InChI is InChI=1S/C40H25NO/c1-2-9-26(10-3-1)33-23-29(31-15-8-12-25-11-4-5-13-30(25)31)24-36-35-22-28(18-20-39(35)42-40(33)36)27-17-19-38-34(21-27)32-14-6-7-16-37(32)41-38/h1-24,41H. The minimum absolute atomic E-state index is 0.897. The highest BCUT2D eigenvalue weighted by molar-refractivity contribution is 6.14. The Morgan fingerprint density at radius 1 is 0.381 bits per heavy atom. The molecule has 196 valence electrons. The summed E-state index contributed by atoms with van der Waals surface area (Å²) < 4.78 is 6.62. The zero-order valence-electron chi connectivity index (χ0n) is 22.8. The van der Waals surface area contributed by atoms with Crippen LogP contribution in [0.1, 0.15) is 0 Å². The van der Waals surface area contributed by atoms with Gasteiger partial charge in [-0.1, -0.05) is 103 Å². The van der Waals surface area contributed by atoms with E-state index in [1.54, 1.807) is 0 Å². The molecule has 42 heavy (non-hydrogen) atoms. The van der Waals surface area contributed by atoms with Crippen LogP contribution < -0.4 is 0 Å². The Bertz CT molecular complexity index is 2460. The second-order valence-electron chi connectivity index (χ2n) is 11.0. The zero-order chi connectivity index (χ0) is 27.6. The van der Waals surface area contributed by atoms with E-state index in [0.717, 1.165) is 44.1 Å². The molecule has 0 fully saturated rings. The fourth-order valence-electron chi connectivity index (χ4n) is 6.55. The molecule has 7 aromatic carbocycles. The number of fused-ring (bicyclic) bond motifs is 7. The van der Waals surface area contributed by atoms with E-state index in [9.17, 15) is 0 Å². The molecule has 1 N–H and O–H groups in total. The minimum atomic E-state index is 0.897. The van der Waals surface area contributed by atoms with Crippen LogP contribution >= 0.6 is 0 Å². The average molecular weight is 536 g/mol. The Morgan fingerprint density at radius 2 is 1.07 bits per heavy atom. The molecule has 0 unspecified atom stereocenters. The molecule has 0 atom stereocenters. The molecule has 2 heterocycles. The summed E-state index contributed by atoms with van der Waals surface area (Å²) in [6.07, 6.45) is 0. The Morgan fingerprint density at radius 3 is 1.98 bits per heavy atom. The summed E-state index contributed by atoms with van der Waals surface area (Å²) in [6.45, 7) is 0. The molecular formula is C40H25NO. The first-order chi connectivity index (χ1) is 20.8. The fraction of sp³-hybridized carbons (Fsp3) is 0. The third kappa shape index (κ3) is 3.52. The quantitative estimate of drug-likeness (QED) is 0.239. The van der Waals surface area contributed by atoms with Crippen molar-refractivity contribution >= 4 is 54.5 Å². The molecular weight excluding hydrogens is 510 g/mol. The Labute approximate surface area is 242 Å². The first-order valence-corrected chi connectivity index (χ1v) is 14.3. The van der Waals surface area contributed by atoms with Gasteiger partial charge in [-0.2, -0.15) is 0 Å². The fourth-order valence-corrected chi connectivity index (χ4v) is 6.55. The van der Waals surface area contributed by atoms with E-state index in [4.69, 9.17) is 4.42 Å². The molecule has 2 aromatic heterocycles. The van der Waals surface area contributed by atoms with Gasteiger partial charge in [0.2, 0.25) is 0 Å². The maximum Gasteiger partial charge on any atom is 0.143 e. The first-order valence-electron chi connectivity index (χ1n) is 14.3. The Kier molecular flexibility index (Phi) is 4.93. The van der Waals surface area contributed by atoms with Gasteiger partial charge in [0.1, 0.15) is 11.2 Å². The van der Waals surface area contributed by atoms with Gasteiger partial charge < -0.3 is 9.40 Å². The number of hydrogen-bond donors (Lipinski definition) is 1. The number of furan rings is 1. The van der Waals surface area contributed by atoms with Crippen molar-refractivity contribution in [2.24, 2.45) is 0 Å². The second-order valence-corrected chi connectivity index (χ2v) is 11.0. The van der Waals surface area contributed by atoms with E-state index in [-0.39, 0.29) is 0 Å². The number of aromatic amines is 1. The number of benzene rings is 7. The van der Waals surface area contributed by atoms with E-state index in [2.05, 4.69) is 151 Å². The van der Waals surface area contributed by atoms with Crippen LogP contribution in [0.25, 0.3) is 87.9 Å². The second kappa shape index (κ2) is 8.95. The number of aromatic nitrogens is 1. The van der Waals surface area contributed by atoms with Gasteiger partial charge in [-0.05, 0) is 81.1 Å². The molecule has 0 radical (unpaired) electrons. The summed E-state index contributed by atoms with van der Waals surface area (Å²) in [5.74, 6) is 0. The monoisotopic (exact) mass is 535 g/mol. The van der Waals surface area contributed by atoms with E-state index in [1.807, 2.05) is 0 Å². The molecule has 0 spiro atoms. The zero-order valence-corrected chi connectivity index (χ0v) is 22.8. The van der Waals surface area contributed by atoms with Crippen molar-refractivity contribution in [1.82, 2.24) is 4.98 Å². The van der Waals surface area contributed by atoms with Crippen LogP contribution in [0, 0.1) is 0 Å². The van der Waals surface area contributed by atoms with E-state index in [0.29, 0.717) is 0 Å². The first kappa shape index (κ1) is 23.1. The topological polar surface area (TPSA) is 28.9 Å². The van der Waals surface area contributed by atoms with Crippen molar-refractivity contribution in [2.75, 3.05) is 0 Å². The molecule has 0 aliphatic heterocycles. The van der Waals surface area contributed by atoms with Crippen LogP contribution in [-0.2, 0) is 0 Å². The normalized spacial score (nSPS) is 11.8. The number of rotatable bonds is 3. The molecule has 2 nitrogen and oxygen atoms in total. The number of H-pyrrole nitrogens is 1. The number of nitrogens with one attached hydrogen (secondary N) is 1. The molecule has 9 rings (SSSR count). The minimum Gasteiger partial charge on any atom is -0.455 e. The average Bonchev–Trinajstić information content (AvgIpc) is 3.62. The van der Waals surface area contributed by atoms with Gasteiger partial charge in [0, 0.05) is 38.1 Å². The summed E-state index contributed by atoms with van der Waals surface area (Å²) >= 11 is 0. The lowest BCUT2D eigenvalue weighted by molar-refractivity contribution is 0.670. The highest BCUT2D eigenvalue weighted by Gasteiger charge is 2.17. The molecule has 0 saturated heterocycles. The van der Waals surface area contributed by atoms with Gasteiger partial charge in [0.25, 0.3) is 0 Å². The van der Waals surface area contributed by atoms with Gasteiger partial charge >= 0.3 is 0 Å². The molecule has 0 bridgehead atoms. The van der Waals surface area contributed by atoms with Crippen molar-refractivity contribution in [1.29, 1.82) is 0 Å². The predicted molar refractivity (Wildman–Crippen MR) is 177 cm³/mol. The summed E-state index contributed by atoms with van der Waals surface area (Å²) in [5, 5.41) is 7.23. The van der Waals surface area contributed by atoms with Crippen molar-refractivity contribution < 1.29 is 4.42 Å². The maximum absolute atomic E-state index is 6.62. The third-order valence-corrected chi connectivity index (χ3v) is 8.60. The van der Waals surface area contributed by atoms with Gasteiger partial charge in [0.15, 0.2) is 0 Å². The summed E-state index contributed by atoms with van der Waals surface area (Å²) in [7, 11) is 0. The molecule has 9 aromatic rings. The molecule has 0 saturated carbocycles.